The maximum Gasteiger partial charge on any atom is 0.171 e. The van der Waals surface area contributed by atoms with Crippen molar-refractivity contribution in [1.29, 1.82) is 0 Å². The molecule has 0 atom stereocenters. The highest BCUT2D eigenvalue weighted by atomic mass is 32.1. The summed E-state index contributed by atoms with van der Waals surface area (Å²) in [5.41, 5.74) is 7.22. The second-order valence-corrected chi connectivity index (χ2v) is 4.64. The summed E-state index contributed by atoms with van der Waals surface area (Å²) in [5.74, 6) is 0.390. The minimum absolute atomic E-state index is 0.0349. The van der Waals surface area contributed by atoms with Crippen molar-refractivity contribution in [2.24, 2.45) is 12.8 Å². The molecule has 100 valence electrons. The number of benzene rings is 1. The molecule has 0 saturated carbocycles. The fourth-order valence-electron chi connectivity index (χ4n) is 1.84. The van der Waals surface area contributed by atoms with Crippen molar-refractivity contribution in [2.75, 3.05) is 0 Å². The van der Waals surface area contributed by atoms with Crippen LogP contribution in [-0.4, -0.2) is 14.8 Å². The highest BCUT2D eigenvalue weighted by Crippen LogP contribution is 2.31. The highest BCUT2D eigenvalue weighted by Gasteiger charge is 2.17. The molecular formula is C13H14FN3OS. The summed E-state index contributed by atoms with van der Waals surface area (Å²) in [6, 6.07) is 4.47. The lowest BCUT2D eigenvalue weighted by Gasteiger charge is -2.11. The standard InChI is InChI=1S/C13H14FN3OS/c1-7-12(8(2)17(3)16-7)18-10-6-4-5-9(14)11(10)13(15)19/h4-6H,1-3H3,(H2,15,19). The summed E-state index contributed by atoms with van der Waals surface area (Å²) in [6.45, 7) is 3.69. The smallest absolute Gasteiger partial charge is 0.171 e. The molecule has 0 aliphatic carbocycles. The number of nitrogens with two attached hydrogens (primary N) is 1. The summed E-state index contributed by atoms with van der Waals surface area (Å²) < 4.78 is 21.2. The number of halogens is 1. The lowest BCUT2D eigenvalue weighted by atomic mass is 10.2. The van der Waals surface area contributed by atoms with E-state index in [9.17, 15) is 4.39 Å². The van der Waals surface area contributed by atoms with Gasteiger partial charge in [0.2, 0.25) is 0 Å². The second kappa shape index (κ2) is 4.97. The minimum Gasteiger partial charge on any atom is -0.453 e. The van der Waals surface area contributed by atoms with Crippen LogP contribution in [0, 0.1) is 19.7 Å². The van der Waals surface area contributed by atoms with Gasteiger partial charge in [-0.05, 0) is 26.0 Å². The predicted molar refractivity (Wildman–Crippen MR) is 75.0 cm³/mol. The third-order valence-corrected chi connectivity index (χ3v) is 3.08. The molecule has 0 radical (unpaired) electrons. The second-order valence-electron chi connectivity index (χ2n) is 4.20. The Morgan fingerprint density at radius 2 is 2.11 bits per heavy atom. The van der Waals surface area contributed by atoms with Crippen molar-refractivity contribution in [3.05, 3.63) is 41.0 Å². The molecule has 4 nitrogen and oxygen atoms in total. The summed E-state index contributed by atoms with van der Waals surface area (Å²) in [6.07, 6.45) is 0. The van der Waals surface area contributed by atoms with Crippen molar-refractivity contribution in [1.82, 2.24) is 9.78 Å². The molecule has 0 aliphatic heterocycles. The molecule has 2 N–H and O–H groups in total. The molecule has 19 heavy (non-hydrogen) atoms. The van der Waals surface area contributed by atoms with Gasteiger partial charge in [0.05, 0.1) is 11.3 Å². The molecule has 0 saturated heterocycles. The van der Waals surface area contributed by atoms with E-state index in [0.717, 1.165) is 11.4 Å². The van der Waals surface area contributed by atoms with E-state index in [1.54, 1.807) is 16.8 Å². The van der Waals surface area contributed by atoms with Crippen molar-refractivity contribution >= 4 is 17.2 Å². The van der Waals surface area contributed by atoms with Crippen LogP contribution < -0.4 is 10.5 Å². The van der Waals surface area contributed by atoms with Gasteiger partial charge < -0.3 is 10.5 Å². The van der Waals surface area contributed by atoms with Gasteiger partial charge >= 0.3 is 0 Å². The molecule has 1 heterocycles. The van der Waals surface area contributed by atoms with Crippen molar-refractivity contribution in [3.63, 3.8) is 0 Å². The Balaban J connectivity index is 2.50. The lowest BCUT2D eigenvalue weighted by molar-refractivity contribution is 0.467. The van der Waals surface area contributed by atoms with E-state index in [1.807, 2.05) is 20.9 Å². The van der Waals surface area contributed by atoms with E-state index < -0.39 is 5.82 Å². The number of aryl methyl sites for hydroxylation is 2. The van der Waals surface area contributed by atoms with E-state index in [0.29, 0.717) is 11.5 Å². The molecule has 2 rings (SSSR count). The highest BCUT2D eigenvalue weighted by molar-refractivity contribution is 7.80. The number of rotatable bonds is 3. The maximum absolute atomic E-state index is 13.7. The van der Waals surface area contributed by atoms with Crippen molar-refractivity contribution in [2.45, 2.75) is 13.8 Å². The molecule has 0 unspecified atom stereocenters. The largest absolute Gasteiger partial charge is 0.453 e. The molecule has 2 aromatic rings. The lowest BCUT2D eigenvalue weighted by Crippen LogP contribution is -2.13. The van der Waals surface area contributed by atoms with Crippen LogP contribution in [0.3, 0.4) is 0 Å². The van der Waals surface area contributed by atoms with Crippen LogP contribution in [0.2, 0.25) is 0 Å². The van der Waals surface area contributed by atoms with E-state index in [2.05, 4.69) is 5.10 Å². The van der Waals surface area contributed by atoms with Crippen LogP contribution in [0.15, 0.2) is 18.2 Å². The third kappa shape index (κ3) is 2.44. The Hall–Kier alpha value is -1.95. The van der Waals surface area contributed by atoms with Gasteiger partial charge in [-0.25, -0.2) is 4.39 Å². The van der Waals surface area contributed by atoms with Gasteiger partial charge in [0, 0.05) is 7.05 Å². The third-order valence-electron chi connectivity index (χ3n) is 2.88. The van der Waals surface area contributed by atoms with Crippen LogP contribution in [-0.2, 0) is 7.05 Å². The number of thiocarbonyl (C=S) groups is 1. The first-order valence-corrected chi connectivity index (χ1v) is 6.09. The normalized spacial score (nSPS) is 10.5. The zero-order valence-electron chi connectivity index (χ0n) is 10.9. The Bertz CT molecular complexity index is 652. The van der Waals surface area contributed by atoms with Crippen molar-refractivity contribution in [3.8, 4) is 11.5 Å². The Kier molecular flexibility index (Phi) is 3.53. The molecule has 6 heteroatoms. The van der Waals surface area contributed by atoms with Crippen LogP contribution in [0.5, 0.6) is 11.5 Å². The van der Waals surface area contributed by atoms with Crippen LogP contribution in [0.25, 0.3) is 0 Å². The van der Waals surface area contributed by atoms with Gasteiger partial charge in [-0.2, -0.15) is 5.10 Å². The van der Waals surface area contributed by atoms with Crippen LogP contribution >= 0.6 is 12.2 Å². The molecular weight excluding hydrogens is 265 g/mol. The van der Waals surface area contributed by atoms with Gasteiger partial charge in [0.15, 0.2) is 5.75 Å². The molecule has 0 bridgehead atoms. The van der Waals surface area contributed by atoms with E-state index in [4.69, 9.17) is 22.7 Å². The molecule has 1 aromatic heterocycles. The summed E-state index contributed by atoms with van der Waals surface area (Å²) in [4.78, 5) is -0.0349. The molecule has 0 aliphatic rings. The van der Waals surface area contributed by atoms with Gasteiger partial charge in [0.1, 0.15) is 22.2 Å². The molecule has 0 spiro atoms. The van der Waals surface area contributed by atoms with E-state index >= 15 is 0 Å². The number of hydrogen-bond donors (Lipinski definition) is 1. The van der Waals surface area contributed by atoms with Crippen LogP contribution in [0.4, 0.5) is 4.39 Å². The van der Waals surface area contributed by atoms with Gasteiger partial charge in [-0.1, -0.05) is 18.3 Å². The summed E-state index contributed by atoms with van der Waals surface area (Å²) >= 11 is 4.86. The summed E-state index contributed by atoms with van der Waals surface area (Å²) in [7, 11) is 1.81. The number of aromatic nitrogens is 2. The quantitative estimate of drug-likeness (QED) is 0.877. The zero-order chi connectivity index (χ0) is 14.2. The first-order chi connectivity index (χ1) is 8.91. The SMILES string of the molecule is Cc1nn(C)c(C)c1Oc1cccc(F)c1C(N)=S. The van der Waals surface area contributed by atoms with Crippen LogP contribution in [0.1, 0.15) is 17.0 Å². The van der Waals surface area contributed by atoms with Crippen molar-refractivity contribution < 1.29 is 9.13 Å². The zero-order valence-corrected chi connectivity index (χ0v) is 11.7. The topological polar surface area (TPSA) is 53.1 Å². The number of hydrogen-bond acceptors (Lipinski definition) is 3. The monoisotopic (exact) mass is 279 g/mol. The molecule has 1 aromatic carbocycles. The predicted octanol–water partition coefficient (Wildman–Crippen LogP) is 2.60. The summed E-state index contributed by atoms with van der Waals surface area (Å²) in [5, 5.41) is 4.24. The first-order valence-electron chi connectivity index (χ1n) is 5.68. The minimum atomic E-state index is -0.496. The van der Waals surface area contributed by atoms with E-state index in [-0.39, 0.29) is 10.6 Å². The fourth-order valence-corrected chi connectivity index (χ4v) is 2.04. The average Bonchev–Trinajstić information content (AvgIpc) is 2.55. The fraction of sp³-hybridized carbons (Fsp3) is 0.231. The first kappa shape index (κ1) is 13.5. The number of nitrogens with zero attached hydrogens (tertiary/aromatic N) is 2. The van der Waals surface area contributed by atoms with Gasteiger partial charge in [-0.15, -0.1) is 0 Å². The van der Waals surface area contributed by atoms with E-state index in [1.165, 1.54) is 6.07 Å². The molecule has 0 amide bonds. The Morgan fingerprint density at radius 1 is 1.42 bits per heavy atom. The average molecular weight is 279 g/mol. The van der Waals surface area contributed by atoms with Gasteiger partial charge in [-0.3, -0.25) is 4.68 Å². The van der Waals surface area contributed by atoms with Gasteiger partial charge in [0.25, 0.3) is 0 Å². The Morgan fingerprint density at radius 3 is 2.63 bits per heavy atom. The number of ether oxygens (including phenoxy) is 1. The molecule has 0 fully saturated rings. The Labute approximate surface area is 116 Å². The maximum atomic E-state index is 13.7.